The number of aryl methyl sites for hydroxylation is 1. The summed E-state index contributed by atoms with van der Waals surface area (Å²) in [6.07, 6.45) is 0. The highest BCUT2D eigenvalue weighted by Gasteiger charge is 2.26. The molecule has 4 nitrogen and oxygen atoms in total. The minimum atomic E-state index is -0.332. The fraction of sp³-hybridized carbons (Fsp3) is 0.250. The Kier molecular flexibility index (Phi) is 4.11. The minimum Gasteiger partial charge on any atom is -0.366 e. The first kappa shape index (κ1) is 16.6. The van der Waals surface area contributed by atoms with E-state index in [0.29, 0.717) is 48.5 Å². The van der Waals surface area contributed by atoms with Crippen LogP contribution in [0, 0.1) is 11.6 Å². The highest BCUT2D eigenvalue weighted by Crippen LogP contribution is 2.24. The molecule has 6 heteroatoms. The lowest BCUT2D eigenvalue weighted by atomic mass is 10.2. The monoisotopic (exact) mass is 355 g/mol. The van der Waals surface area contributed by atoms with Crippen molar-refractivity contribution in [3.63, 3.8) is 0 Å². The summed E-state index contributed by atoms with van der Waals surface area (Å²) >= 11 is 0. The molecule has 0 atom stereocenters. The fourth-order valence-electron chi connectivity index (χ4n) is 3.55. The highest BCUT2D eigenvalue weighted by atomic mass is 19.1. The molecule has 0 bridgehead atoms. The second-order valence-electron chi connectivity index (χ2n) is 6.49. The van der Waals surface area contributed by atoms with E-state index in [-0.39, 0.29) is 17.5 Å². The predicted molar refractivity (Wildman–Crippen MR) is 97.4 cm³/mol. The van der Waals surface area contributed by atoms with Gasteiger partial charge in [0.15, 0.2) is 0 Å². The Morgan fingerprint density at radius 2 is 1.62 bits per heavy atom. The molecule has 0 saturated carbocycles. The maximum Gasteiger partial charge on any atom is 0.270 e. The van der Waals surface area contributed by atoms with Gasteiger partial charge in [-0.05, 0) is 30.3 Å². The number of hydrogen-bond acceptors (Lipinski definition) is 2. The molecule has 4 rings (SSSR count). The molecule has 1 aliphatic rings. The van der Waals surface area contributed by atoms with Gasteiger partial charge in [-0.25, -0.2) is 8.78 Å². The van der Waals surface area contributed by atoms with Crippen LogP contribution in [0.15, 0.2) is 48.5 Å². The SMILES string of the molecule is Cn1c(C(=O)N2CCN(c3ccccc3F)CC2)cc2c(F)cccc21. The van der Waals surface area contributed by atoms with Gasteiger partial charge in [0.2, 0.25) is 0 Å². The second-order valence-corrected chi connectivity index (χ2v) is 6.49. The van der Waals surface area contributed by atoms with Crippen molar-refractivity contribution in [3.8, 4) is 0 Å². The summed E-state index contributed by atoms with van der Waals surface area (Å²) in [5, 5.41) is 0.448. The lowest BCUT2D eigenvalue weighted by Gasteiger charge is -2.36. The number of benzene rings is 2. The van der Waals surface area contributed by atoms with Crippen LogP contribution in [0.3, 0.4) is 0 Å². The van der Waals surface area contributed by atoms with Gasteiger partial charge in [0.05, 0.1) is 11.2 Å². The zero-order valence-corrected chi connectivity index (χ0v) is 14.5. The van der Waals surface area contributed by atoms with Crippen LogP contribution >= 0.6 is 0 Å². The van der Waals surface area contributed by atoms with Crippen LogP contribution in [-0.4, -0.2) is 41.6 Å². The number of carbonyl (C=O) groups excluding carboxylic acids is 1. The number of piperazine rings is 1. The van der Waals surface area contributed by atoms with Gasteiger partial charge in [-0.2, -0.15) is 0 Å². The van der Waals surface area contributed by atoms with Gasteiger partial charge in [-0.1, -0.05) is 18.2 Å². The van der Waals surface area contributed by atoms with Crippen molar-refractivity contribution in [1.82, 2.24) is 9.47 Å². The predicted octanol–water partition coefficient (Wildman–Crippen LogP) is 3.42. The molecule has 2 heterocycles. The van der Waals surface area contributed by atoms with Crippen molar-refractivity contribution in [2.24, 2.45) is 7.05 Å². The van der Waals surface area contributed by atoms with Gasteiger partial charge in [0.25, 0.3) is 5.91 Å². The largest absolute Gasteiger partial charge is 0.366 e. The molecule has 1 amide bonds. The molecule has 1 aliphatic heterocycles. The van der Waals surface area contributed by atoms with Crippen molar-refractivity contribution in [2.45, 2.75) is 0 Å². The summed E-state index contributed by atoms with van der Waals surface area (Å²) < 4.78 is 29.7. The second kappa shape index (κ2) is 6.44. The average Bonchev–Trinajstić information content (AvgIpc) is 3.00. The van der Waals surface area contributed by atoms with E-state index in [4.69, 9.17) is 0 Å². The molecule has 134 valence electrons. The van der Waals surface area contributed by atoms with E-state index in [1.54, 1.807) is 52.9 Å². The van der Waals surface area contributed by atoms with Crippen molar-refractivity contribution in [3.05, 3.63) is 65.9 Å². The molecule has 0 unspecified atom stereocenters. The van der Waals surface area contributed by atoms with Crippen molar-refractivity contribution in [1.29, 1.82) is 0 Å². The quantitative estimate of drug-likeness (QED) is 0.705. The first-order valence-corrected chi connectivity index (χ1v) is 8.59. The molecule has 0 aliphatic carbocycles. The number of amides is 1. The van der Waals surface area contributed by atoms with Gasteiger partial charge in [-0.15, -0.1) is 0 Å². The van der Waals surface area contributed by atoms with Gasteiger partial charge < -0.3 is 14.4 Å². The van der Waals surface area contributed by atoms with Crippen molar-refractivity contribution in [2.75, 3.05) is 31.1 Å². The Labute approximate surface area is 150 Å². The summed E-state index contributed by atoms with van der Waals surface area (Å²) in [5.41, 5.74) is 1.72. The van der Waals surface area contributed by atoms with Crippen LogP contribution in [0.2, 0.25) is 0 Å². The lowest BCUT2D eigenvalue weighted by molar-refractivity contribution is 0.0737. The van der Waals surface area contributed by atoms with E-state index in [0.717, 1.165) is 0 Å². The van der Waals surface area contributed by atoms with Crippen molar-refractivity contribution >= 4 is 22.5 Å². The first-order chi connectivity index (χ1) is 12.6. The van der Waals surface area contributed by atoms with E-state index in [9.17, 15) is 13.6 Å². The third-order valence-electron chi connectivity index (χ3n) is 5.01. The Morgan fingerprint density at radius 1 is 0.923 bits per heavy atom. The summed E-state index contributed by atoms with van der Waals surface area (Å²) in [6, 6.07) is 13.1. The fourth-order valence-corrected chi connectivity index (χ4v) is 3.55. The Balaban J connectivity index is 1.53. The third-order valence-corrected chi connectivity index (χ3v) is 5.01. The van der Waals surface area contributed by atoms with E-state index < -0.39 is 0 Å². The van der Waals surface area contributed by atoms with E-state index in [2.05, 4.69) is 0 Å². The van der Waals surface area contributed by atoms with E-state index in [1.165, 1.54) is 12.1 Å². The van der Waals surface area contributed by atoms with Gasteiger partial charge >= 0.3 is 0 Å². The zero-order valence-electron chi connectivity index (χ0n) is 14.5. The van der Waals surface area contributed by atoms with Crippen LogP contribution < -0.4 is 4.90 Å². The van der Waals surface area contributed by atoms with Crippen LogP contribution in [0.5, 0.6) is 0 Å². The number of carbonyl (C=O) groups is 1. The molecule has 0 N–H and O–H groups in total. The summed E-state index contributed by atoms with van der Waals surface area (Å²) in [4.78, 5) is 16.6. The molecule has 1 aromatic heterocycles. The number of nitrogens with zero attached hydrogens (tertiary/aromatic N) is 3. The van der Waals surface area contributed by atoms with Crippen LogP contribution in [-0.2, 0) is 7.05 Å². The molecular formula is C20H19F2N3O. The molecule has 2 aromatic carbocycles. The summed E-state index contributed by atoms with van der Waals surface area (Å²) in [7, 11) is 1.77. The van der Waals surface area contributed by atoms with Crippen LogP contribution in [0.1, 0.15) is 10.5 Å². The summed E-state index contributed by atoms with van der Waals surface area (Å²) in [6.45, 7) is 2.12. The maximum absolute atomic E-state index is 14.0. The molecule has 0 spiro atoms. The van der Waals surface area contributed by atoms with Gasteiger partial charge in [0.1, 0.15) is 17.3 Å². The van der Waals surface area contributed by atoms with Crippen LogP contribution in [0.25, 0.3) is 10.9 Å². The van der Waals surface area contributed by atoms with E-state index in [1.807, 2.05) is 4.90 Å². The number of anilines is 1. The Hall–Kier alpha value is -2.89. The molecular weight excluding hydrogens is 336 g/mol. The normalized spacial score (nSPS) is 14.9. The lowest BCUT2D eigenvalue weighted by Crippen LogP contribution is -2.49. The Bertz CT molecular complexity index is 974. The topological polar surface area (TPSA) is 28.5 Å². The number of halogens is 2. The standard InChI is InChI=1S/C20H19F2N3O/c1-23-17-8-4-6-15(21)14(17)13-19(23)20(26)25-11-9-24(10-12-25)18-7-3-2-5-16(18)22/h2-8,13H,9-12H2,1H3. The third kappa shape index (κ3) is 2.71. The molecule has 26 heavy (non-hydrogen) atoms. The number of para-hydroxylation sites is 1. The molecule has 0 radical (unpaired) electrons. The molecule has 1 saturated heterocycles. The Morgan fingerprint density at radius 3 is 2.31 bits per heavy atom. The molecule has 1 fully saturated rings. The van der Waals surface area contributed by atoms with Crippen molar-refractivity contribution < 1.29 is 13.6 Å². The van der Waals surface area contributed by atoms with Gasteiger partial charge in [0, 0.05) is 38.6 Å². The molecule has 3 aromatic rings. The van der Waals surface area contributed by atoms with E-state index >= 15 is 0 Å². The van der Waals surface area contributed by atoms with Crippen LogP contribution in [0.4, 0.5) is 14.5 Å². The maximum atomic E-state index is 14.0. The smallest absolute Gasteiger partial charge is 0.270 e. The number of rotatable bonds is 2. The summed E-state index contributed by atoms with van der Waals surface area (Å²) in [5.74, 6) is -0.714. The van der Waals surface area contributed by atoms with Gasteiger partial charge in [-0.3, -0.25) is 4.79 Å². The highest BCUT2D eigenvalue weighted by molar-refractivity contribution is 5.99. The zero-order chi connectivity index (χ0) is 18.3. The minimum absolute atomic E-state index is 0.128. The number of aromatic nitrogens is 1. The first-order valence-electron chi connectivity index (χ1n) is 8.59. The number of fused-ring (bicyclic) bond motifs is 1. The average molecular weight is 355 g/mol. The number of hydrogen-bond donors (Lipinski definition) is 0.